The first-order chi connectivity index (χ1) is 14.9. The molecule has 0 aliphatic carbocycles. The van der Waals surface area contributed by atoms with E-state index in [1.165, 1.54) is 17.0 Å². The van der Waals surface area contributed by atoms with E-state index < -0.39 is 23.4 Å². The summed E-state index contributed by atoms with van der Waals surface area (Å²) >= 11 is 6.24. The summed E-state index contributed by atoms with van der Waals surface area (Å²) in [5.74, 6) is 0. The Morgan fingerprint density at radius 1 is 1.16 bits per heavy atom. The van der Waals surface area contributed by atoms with Crippen LogP contribution < -0.4 is 5.32 Å². The molecule has 0 saturated carbocycles. The molecule has 172 valence electrons. The fourth-order valence-electron chi connectivity index (χ4n) is 3.27. The molecule has 2 amide bonds. The topological polar surface area (TPSA) is 53.9 Å². The Balaban J connectivity index is 1.72. The van der Waals surface area contributed by atoms with Crippen molar-refractivity contribution in [2.45, 2.75) is 51.6 Å². The summed E-state index contributed by atoms with van der Waals surface area (Å²) in [6, 6.07) is 11.7. The SMILES string of the molecule is CC(C)(C)NC(=O)N(Cc1ccc(C(F)(F)F)cc1)C[C@@H]1CC(c2ccccc2Cl)=NO1. The molecule has 0 unspecified atom stereocenters. The summed E-state index contributed by atoms with van der Waals surface area (Å²) in [5.41, 5.74) is 0.818. The summed E-state index contributed by atoms with van der Waals surface area (Å²) in [5, 5.41) is 7.58. The number of benzene rings is 2. The molecule has 5 nitrogen and oxygen atoms in total. The van der Waals surface area contributed by atoms with Crippen molar-refractivity contribution >= 4 is 23.3 Å². The molecule has 0 aromatic heterocycles. The van der Waals surface area contributed by atoms with Gasteiger partial charge in [-0.05, 0) is 44.5 Å². The van der Waals surface area contributed by atoms with Crippen LogP contribution in [0.2, 0.25) is 5.02 Å². The van der Waals surface area contributed by atoms with Crippen LogP contribution in [0.5, 0.6) is 0 Å². The number of urea groups is 1. The Morgan fingerprint density at radius 3 is 2.41 bits per heavy atom. The van der Waals surface area contributed by atoms with Crippen LogP contribution in [-0.2, 0) is 17.6 Å². The van der Waals surface area contributed by atoms with Crippen molar-refractivity contribution in [2.75, 3.05) is 6.54 Å². The van der Waals surface area contributed by atoms with Gasteiger partial charge in [-0.15, -0.1) is 0 Å². The second-order valence-corrected chi connectivity index (χ2v) is 9.11. The highest BCUT2D eigenvalue weighted by Crippen LogP contribution is 2.29. The molecule has 3 rings (SSSR count). The van der Waals surface area contributed by atoms with E-state index in [2.05, 4.69) is 10.5 Å². The van der Waals surface area contributed by atoms with Gasteiger partial charge in [0.15, 0.2) is 6.10 Å². The number of hydrogen-bond donors (Lipinski definition) is 1. The number of hydrogen-bond acceptors (Lipinski definition) is 3. The van der Waals surface area contributed by atoms with Gasteiger partial charge in [-0.25, -0.2) is 4.79 Å². The molecule has 0 fully saturated rings. The second-order valence-electron chi connectivity index (χ2n) is 8.70. The third-order valence-electron chi connectivity index (χ3n) is 4.77. The van der Waals surface area contributed by atoms with Crippen LogP contribution in [0.3, 0.4) is 0 Å². The van der Waals surface area contributed by atoms with Gasteiger partial charge in [-0.3, -0.25) is 0 Å². The van der Waals surface area contributed by atoms with Crippen LogP contribution in [0.25, 0.3) is 0 Å². The van der Waals surface area contributed by atoms with E-state index in [1.807, 2.05) is 39.0 Å². The van der Waals surface area contributed by atoms with Crippen molar-refractivity contribution in [3.8, 4) is 0 Å². The molecule has 0 radical (unpaired) electrons. The van der Waals surface area contributed by atoms with Gasteiger partial charge in [0.1, 0.15) is 0 Å². The third-order valence-corrected chi connectivity index (χ3v) is 5.10. The lowest BCUT2D eigenvalue weighted by molar-refractivity contribution is -0.137. The van der Waals surface area contributed by atoms with Crippen molar-refractivity contribution in [1.29, 1.82) is 0 Å². The lowest BCUT2D eigenvalue weighted by Gasteiger charge is -2.29. The Hall–Kier alpha value is -2.74. The van der Waals surface area contributed by atoms with E-state index in [0.29, 0.717) is 22.7 Å². The van der Waals surface area contributed by atoms with Crippen molar-refractivity contribution in [3.05, 3.63) is 70.2 Å². The average molecular weight is 468 g/mol. The van der Waals surface area contributed by atoms with E-state index in [9.17, 15) is 18.0 Å². The first-order valence-electron chi connectivity index (χ1n) is 10.1. The van der Waals surface area contributed by atoms with Crippen molar-refractivity contribution in [1.82, 2.24) is 10.2 Å². The summed E-state index contributed by atoms with van der Waals surface area (Å²) < 4.78 is 38.6. The molecule has 2 aromatic carbocycles. The van der Waals surface area contributed by atoms with Gasteiger partial charge >= 0.3 is 12.2 Å². The zero-order valence-corrected chi connectivity index (χ0v) is 18.8. The number of oxime groups is 1. The lowest BCUT2D eigenvalue weighted by atomic mass is 10.0. The van der Waals surface area contributed by atoms with Gasteiger partial charge in [0, 0.05) is 29.1 Å². The van der Waals surface area contributed by atoms with Gasteiger partial charge in [0.2, 0.25) is 0 Å². The van der Waals surface area contributed by atoms with Crippen molar-refractivity contribution in [3.63, 3.8) is 0 Å². The van der Waals surface area contributed by atoms with E-state index >= 15 is 0 Å². The molecule has 32 heavy (non-hydrogen) atoms. The molecule has 1 N–H and O–H groups in total. The van der Waals surface area contributed by atoms with Crippen LogP contribution in [0.15, 0.2) is 53.7 Å². The minimum Gasteiger partial charge on any atom is -0.390 e. The lowest BCUT2D eigenvalue weighted by Crippen LogP contribution is -2.50. The number of carbonyl (C=O) groups excluding carboxylic acids is 1. The van der Waals surface area contributed by atoms with Gasteiger partial charge in [0.25, 0.3) is 0 Å². The molecule has 1 heterocycles. The number of rotatable bonds is 5. The number of nitrogens with one attached hydrogen (secondary N) is 1. The highest BCUT2D eigenvalue weighted by molar-refractivity contribution is 6.34. The average Bonchev–Trinajstić information content (AvgIpc) is 3.14. The fraction of sp³-hybridized carbons (Fsp3) is 0.391. The number of nitrogens with zero attached hydrogens (tertiary/aromatic N) is 2. The fourth-order valence-corrected chi connectivity index (χ4v) is 3.51. The predicted octanol–water partition coefficient (Wildman–Crippen LogP) is 5.86. The Labute approximate surface area is 190 Å². The largest absolute Gasteiger partial charge is 0.416 e. The van der Waals surface area contributed by atoms with Gasteiger partial charge in [-0.1, -0.05) is 47.1 Å². The van der Waals surface area contributed by atoms with Crippen LogP contribution >= 0.6 is 11.6 Å². The maximum Gasteiger partial charge on any atom is 0.416 e. The zero-order chi connectivity index (χ0) is 23.5. The monoisotopic (exact) mass is 467 g/mol. The minimum atomic E-state index is -4.41. The summed E-state index contributed by atoms with van der Waals surface area (Å²) in [4.78, 5) is 20.0. The number of amides is 2. The standard InChI is InChI=1S/C23H25ClF3N3O2/c1-22(2,3)28-21(31)30(13-15-8-10-16(11-9-15)23(25,26)27)14-17-12-20(29-32-17)18-6-4-5-7-19(18)24/h4-11,17H,12-14H2,1-3H3,(H,28,31)/t17-/m0/s1. The summed E-state index contributed by atoms with van der Waals surface area (Å²) in [6.07, 6.45) is -4.36. The number of halogens is 4. The van der Waals surface area contributed by atoms with Crippen molar-refractivity contribution < 1.29 is 22.8 Å². The second kappa shape index (κ2) is 9.40. The molecule has 1 aliphatic heterocycles. The van der Waals surface area contributed by atoms with Gasteiger partial charge < -0.3 is 15.1 Å². The highest BCUT2D eigenvalue weighted by Gasteiger charge is 2.31. The predicted molar refractivity (Wildman–Crippen MR) is 118 cm³/mol. The van der Waals surface area contributed by atoms with E-state index in [-0.39, 0.29) is 19.1 Å². The molecule has 0 bridgehead atoms. The molecule has 0 saturated heterocycles. The third kappa shape index (κ3) is 6.38. The van der Waals surface area contributed by atoms with Crippen LogP contribution in [0.1, 0.15) is 43.9 Å². The molecule has 0 spiro atoms. The maximum absolute atomic E-state index is 12.9. The van der Waals surface area contributed by atoms with Crippen LogP contribution in [0.4, 0.5) is 18.0 Å². The molecular weight excluding hydrogens is 443 g/mol. The molecular formula is C23H25ClF3N3O2. The molecule has 1 atom stereocenters. The molecule has 1 aliphatic rings. The summed E-state index contributed by atoms with van der Waals surface area (Å²) in [7, 11) is 0. The Morgan fingerprint density at radius 2 is 1.81 bits per heavy atom. The first-order valence-corrected chi connectivity index (χ1v) is 10.5. The van der Waals surface area contributed by atoms with Crippen LogP contribution in [0, 0.1) is 0 Å². The van der Waals surface area contributed by atoms with Crippen molar-refractivity contribution in [2.24, 2.45) is 5.16 Å². The minimum absolute atomic E-state index is 0.126. The highest BCUT2D eigenvalue weighted by atomic mass is 35.5. The quantitative estimate of drug-likeness (QED) is 0.598. The van der Waals surface area contributed by atoms with E-state index in [4.69, 9.17) is 16.4 Å². The molecule has 2 aromatic rings. The number of alkyl halides is 3. The van der Waals surface area contributed by atoms with Gasteiger partial charge in [-0.2, -0.15) is 13.2 Å². The Bertz CT molecular complexity index is 985. The van der Waals surface area contributed by atoms with Crippen LogP contribution in [-0.4, -0.2) is 34.8 Å². The smallest absolute Gasteiger partial charge is 0.390 e. The van der Waals surface area contributed by atoms with Gasteiger partial charge in [0.05, 0.1) is 17.8 Å². The zero-order valence-electron chi connectivity index (χ0n) is 18.0. The molecule has 9 heteroatoms. The number of carbonyl (C=O) groups is 1. The van der Waals surface area contributed by atoms with E-state index in [0.717, 1.165) is 17.7 Å². The van der Waals surface area contributed by atoms with E-state index in [1.54, 1.807) is 6.07 Å². The maximum atomic E-state index is 12.9. The Kier molecular flexibility index (Phi) is 7.03. The first kappa shape index (κ1) is 23.9. The normalized spacial score (nSPS) is 16.3. The summed E-state index contributed by atoms with van der Waals surface area (Å²) in [6.45, 7) is 5.89.